The first-order valence-electron chi connectivity index (χ1n) is 8.40. The monoisotopic (exact) mass is 378 g/mol. The van der Waals surface area contributed by atoms with Crippen molar-refractivity contribution >= 4 is 29.6 Å². The van der Waals surface area contributed by atoms with Crippen molar-refractivity contribution in [2.24, 2.45) is 0 Å². The zero-order valence-corrected chi connectivity index (χ0v) is 15.3. The average molecular weight is 378 g/mol. The van der Waals surface area contributed by atoms with E-state index in [1.807, 2.05) is 0 Å². The van der Waals surface area contributed by atoms with Crippen LogP contribution in [0.4, 0.5) is 10.5 Å². The lowest BCUT2D eigenvalue weighted by molar-refractivity contribution is -0.120. The summed E-state index contributed by atoms with van der Waals surface area (Å²) in [4.78, 5) is 48.5. The third-order valence-corrected chi connectivity index (χ3v) is 3.88. The molecule has 2 rings (SSSR count). The first kappa shape index (κ1) is 20.2. The lowest BCUT2D eigenvalue weighted by Gasteiger charge is -2.28. The van der Waals surface area contributed by atoms with E-state index in [1.54, 1.807) is 20.8 Å². The molecule has 2 amide bonds. The first-order chi connectivity index (χ1) is 12.5. The van der Waals surface area contributed by atoms with Gasteiger partial charge in [-0.2, -0.15) is 0 Å². The van der Waals surface area contributed by atoms with Gasteiger partial charge in [-0.25, -0.2) is 14.4 Å². The fraction of sp³-hybridized carbons (Fsp3) is 0.444. The summed E-state index contributed by atoms with van der Waals surface area (Å²) < 4.78 is 5.30. The van der Waals surface area contributed by atoms with Gasteiger partial charge in [0.2, 0.25) is 5.91 Å². The normalized spacial score (nSPS) is 16.7. The lowest BCUT2D eigenvalue weighted by Crippen LogP contribution is -2.45. The average Bonchev–Trinajstić information content (AvgIpc) is 3.02. The Morgan fingerprint density at radius 2 is 1.63 bits per heavy atom. The summed E-state index contributed by atoms with van der Waals surface area (Å²) in [5.74, 6) is -3.16. The number of nitrogens with one attached hydrogen (secondary N) is 1. The van der Waals surface area contributed by atoms with Crippen LogP contribution < -0.4 is 5.32 Å². The van der Waals surface area contributed by atoms with E-state index in [9.17, 15) is 19.2 Å². The number of carbonyl (C=O) groups excluding carboxylic acids is 2. The Hall–Kier alpha value is -3.10. The van der Waals surface area contributed by atoms with Crippen LogP contribution in [-0.4, -0.2) is 57.2 Å². The molecule has 1 aliphatic heterocycles. The van der Waals surface area contributed by atoms with Crippen molar-refractivity contribution in [1.82, 2.24) is 4.90 Å². The molecule has 1 aliphatic rings. The molecule has 9 heteroatoms. The van der Waals surface area contributed by atoms with Gasteiger partial charge in [-0.05, 0) is 51.8 Å². The van der Waals surface area contributed by atoms with Crippen LogP contribution in [0.2, 0.25) is 0 Å². The van der Waals surface area contributed by atoms with Gasteiger partial charge in [0, 0.05) is 12.2 Å². The fourth-order valence-corrected chi connectivity index (χ4v) is 2.75. The molecule has 0 aliphatic carbocycles. The Balaban J connectivity index is 2.19. The third-order valence-electron chi connectivity index (χ3n) is 3.88. The van der Waals surface area contributed by atoms with Crippen LogP contribution in [0, 0.1) is 0 Å². The van der Waals surface area contributed by atoms with E-state index in [2.05, 4.69) is 5.32 Å². The van der Waals surface area contributed by atoms with Crippen LogP contribution in [-0.2, 0) is 9.53 Å². The van der Waals surface area contributed by atoms with Crippen LogP contribution in [0.25, 0.3) is 0 Å². The number of rotatable bonds is 4. The minimum atomic E-state index is -1.31. The van der Waals surface area contributed by atoms with Crippen molar-refractivity contribution in [3.63, 3.8) is 0 Å². The molecule has 0 aromatic heterocycles. The maximum absolute atomic E-state index is 12.6. The Morgan fingerprint density at radius 1 is 1.07 bits per heavy atom. The summed E-state index contributed by atoms with van der Waals surface area (Å²) in [5, 5.41) is 20.7. The summed E-state index contributed by atoms with van der Waals surface area (Å²) in [6.45, 7) is 5.53. The summed E-state index contributed by atoms with van der Waals surface area (Å²) in [5.41, 5.74) is -1.19. The molecule has 0 unspecified atom stereocenters. The summed E-state index contributed by atoms with van der Waals surface area (Å²) in [7, 11) is 0. The number of anilines is 1. The van der Waals surface area contributed by atoms with E-state index in [1.165, 1.54) is 17.0 Å². The number of amides is 2. The molecule has 146 valence electrons. The predicted molar refractivity (Wildman–Crippen MR) is 95.0 cm³/mol. The highest BCUT2D eigenvalue weighted by Crippen LogP contribution is 2.23. The van der Waals surface area contributed by atoms with E-state index in [-0.39, 0.29) is 16.8 Å². The molecule has 9 nitrogen and oxygen atoms in total. The topological polar surface area (TPSA) is 133 Å². The van der Waals surface area contributed by atoms with Gasteiger partial charge in [-0.3, -0.25) is 9.69 Å². The number of likely N-dealkylation sites (tertiary alicyclic amines) is 1. The van der Waals surface area contributed by atoms with Crippen LogP contribution >= 0.6 is 0 Å². The number of ether oxygens (including phenoxy) is 1. The van der Waals surface area contributed by atoms with E-state index >= 15 is 0 Å². The Bertz CT molecular complexity index is 750. The van der Waals surface area contributed by atoms with Crippen molar-refractivity contribution < 1.29 is 34.1 Å². The zero-order valence-electron chi connectivity index (χ0n) is 15.3. The molecule has 1 aromatic carbocycles. The quantitative estimate of drug-likeness (QED) is 0.732. The fourth-order valence-electron chi connectivity index (χ4n) is 2.75. The summed E-state index contributed by atoms with van der Waals surface area (Å²) >= 11 is 0. The summed E-state index contributed by atoms with van der Waals surface area (Å²) in [6.07, 6.45) is 0.438. The van der Waals surface area contributed by atoms with Gasteiger partial charge in [0.25, 0.3) is 0 Å². The van der Waals surface area contributed by atoms with Gasteiger partial charge in [0.15, 0.2) is 0 Å². The maximum Gasteiger partial charge on any atom is 0.410 e. The van der Waals surface area contributed by atoms with Gasteiger partial charge in [-0.1, -0.05) is 0 Å². The molecule has 0 spiro atoms. The Labute approximate surface area is 155 Å². The van der Waals surface area contributed by atoms with Gasteiger partial charge in [-0.15, -0.1) is 0 Å². The molecule has 1 fully saturated rings. The number of aromatic carboxylic acids is 2. The molecular weight excluding hydrogens is 356 g/mol. The number of hydrogen-bond donors (Lipinski definition) is 3. The first-order valence-corrected chi connectivity index (χ1v) is 8.40. The number of nitrogens with zero attached hydrogens (tertiary/aromatic N) is 1. The minimum Gasteiger partial charge on any atom is -0.478 e. The third kappa shape index (κ3) is 5.19. The second-order valence-electron chi connectivity index (χ2n) is 7.23. The van der Waals surface area contributed by atoms with E-state index in [0.29, 0.717) is 19.4 Å². The van der Waals surface area contributed by atoms with Gasteiger partial charge in [0.05, 0.1) is 11.1 Å². The molecule has 1 atom stereocenters. The highest BCUT2D eigenvalue weighted by atomic mass is 16.6. The van der Waals surface area contributed by atoms with Crippen LogP contribution in [0.15, 0.2) is 18.2 Å². The number of carboxylic acids is 2. The van der Waals surface area contributed by atoms with Crippen LogP contribution in [0.3, 0.4) is 0 Å². The molecule has 3 N–H and O–H groups in total. The molecular formula is C18H22N2O7. The van der Waals surface area contributed by atoms with E-state index < -0.39 is 35.6 Å². The summed E-state index contributed by atoms with van der Waals surface area (Å²) in [6, 6.07) is 2.56. The number of carboxylic acid groups (broad SMARTS) is 2. The minimum absolute atomic E-state index is 0.0355. The standard InChI is InChI=1S/C18H22N2O7/c1-18(2,3)27-17(26)20-6-4-5-13(20)14(21)19-12-8-10(15(22)23)7-11(9-12)16(24)25/h7-9,13H,4-6H2,1-3H3,(H,19,21)(H,22,23)(H,24,25)/t13-/m0/s1. The zero-order chi connectivity index (χ0) is 20.4. The molecule has 1 aromatic rings. The van der Waals surface area contributed by atoms with Crippen molar-refractivity contribution in [2.45, 2.75) is 45.3 Å². The predicted octanol–water partition coefficient (Wildman–Crippen LogP) is 2.42. The molecule has 0 radical (unpaired) electrons. The molecule has 1 saturated heterocycles. The van der Waals surface area contributed by atoms with Crippen molar-refractivity contribution in [2.75, 3.05) is 11.9 Å². The van der Waals surface area contributed by atoms with Crippen LogP contribution in [0.1, 0.15) is 54.3 Å². The number of benzene rings is 1. The van der Waals surface area contributed by atoms with Gasteiger partial charge >= 0.3 is 18.0 Å². The second kappa shape index (κ2) is 7.65. The highest BCUT2D eigenvalue weighted by Gasteiger charge is 2.36. The van der Waals surface area contributed by atoms with Crippen molar-refractivity contribution in [3.05, 3.63) is 29.3 Å². The molecule has 1 heterocycles. The smallest absolute Gasteiger partial charge is 0.410 e. The largest absolute Gasteiger partial charge is 0.478 e. The van der Waals surface area contributed by atoms with Crippen molar-refractivity contribution in [3.8, 4) is 0 Å². The highest BCUT2D eigenvalue weighted by molar-refractivity contribution is 6.00. The van der Waals surface area contributed by atoms with Gasteiger partial charge in [0.1, 0.15) is 11.6 Å². The Morgan fingerprint density at radius 3 is 2.11 bits per heavy atom. The Kier molecular flexibility index (Phi) is 5.72. The van der Waals surface area contributed by atoms with Crippen LogP contribution in [0.5, 0.6) is 0 Å². The second-order valence-corrected chi connectivity index (χ2v) is 7.23. The number of carbonyl (C=O) groups is 4. The van der Waals surface area contributed by atoms with E-state index in [4.69, 9.17) is 14.9 Å². The molecule has 0 bridgehead atoms. The van der Waals surface area contributed by atoms with Gasteiger partial charge < -0.3 is 20.3 Å². The van der Waals surface area contributed by atoms with E-state index in [0.717, 1.165) is 6.07 Å². The molecule has 0 saturated carbocycles. The SMILES string of the molecule is CC(C)(C)OC(=O)N1CCC[C@H]1C(=O)Nc1cc(C(=O)O)cc(C(=O)O)c1. The van der Waals surface area contributed by atoms with Crippen molar-refractivity contribution in [1.29, 1.82) is 0 Å². The lowest BCUT2D eigenvalue weighted by atomic mass is 10.1. The number of hydrogen-bond acceptors (Lipinski definition) is 5. The molecule has 27 heavy (non-hydrogen) atoms. The maximum atomic E-state index is 12.6.